The third-order valence-electron chi connectivity index (χ3n) is 5.18. The van der Waals surface area contributed by atoms with E-state index in [9.17, 15) is 9.90 Å². The molecule has 0 atom stereocenters. The number of ether oxygens (including phenoxy) is 1. The Morgan fingerprint density at radius 3 is 2.75 bits per heavy atom. The molecule has 3 heterocycles. The van der Waals surface area contributed by atoms with E-state index in [1.807, 2.05) is 11.0 Å². The molecule has 24 heavy (non-hydrogen) atoms. The number of nitrogens with one attached hydrogen (secondary N) is 1. The number of likely N-dealkylation sites (tertiary alicyclic amines) is 1. The summed E-state index contributed by atoms with van der Waals surface area (Å²) in [5.41, 5.74) is 0.520. The Labute approximate surface area is 143 Å². The minimum absolute atomic E-state index is 0.0862. The van der Waals surface area contributed by atoms with Crippen molar-refractivity contribution >= 4 is 11.7 Å². The summed E-state index contributed by atoms with van der Waals surface area (Å²) in [6, 6.07) is 3.60. The number of nitrogens with zero attached hydrogens (tertiary/aromatic N) is 2. The van der Waals surface area contributed by atoms with Gasteiger partial charge in [-0.2, -0.15) is 0 Å². The monoisotopic (exact) mass is 333 g/mol. The zero-order valence-corrected chi connectivity index (χ0v) is 14.2. The minimum Gasteiger partial charge on any atom is -0.396 e. The maximum Gasteiger partial charge on any atom is 0.254 e. The molecule has 0 spiro atoms. The minimum atomic E-state index is -0.160. The molecule has 6 nitrogen and oxygen atoms in total. The number of anilines is 1. The SMILES string of the molecule is O=C(c1ccnc(NCC2(CO)CCOCC2)c1)N1CCCCC1. The summed E-state index contributed by atoms with van der Waals surface area (Å²) in [6.45, 7) is 3.83. The lowest BCUT2D eigenvalue weighted by Crippen LogP contribution is -2.39. The number of pyridine rings is 1. The molecule has 0 aliphatic carbocycles. The molecule has 2 N–H and O–H groups in total. The number of aliphatic hydroxyl groups is 1. The van der Waals surface area contributed by atoms with Crippen LogP contribution < -0.4 is 5.32 Å². The number of carbonyl (C=O) groups is 1. The molecule has 2 aliphatic heterocycles. The fourth-order valence-electron chi connectivity index (χ4n) is 3.41. The van der Waals surface area contributed by atoms with Gasteiger partial charge in [-0.3, -0.25) is 4.79 Å². The van der Waals surface area contributed by atoms with Gasteiger partial charge in [0.05, 0.1) is 6.61 Å². The van der Waals surface area contributed by atoms with Crippen molar-refractivity contribution in [3.63, 3.8) is 0 Å². The van der Waals surface area contributed by atoms with Crippen molar-refractivity contribution in [2.45, 2.75) is 32.1 Å². The number of piperidine rings is 1. The Hall–Kier alpha value is -1.66. The number of hydrogen-bond donors (Lipinski definition) is 2. The van der Waals surface area contributed by atoms with Crippen LogP contribution in [-0.4, -0.2) is 60.4 Å². The van der Waals surface area contributed by atoms with Crippen LogP contribution >= 0.6 is 0 Å². The summed E-state index contributed by atoms with van der Waals surface area (Å²) in [6.07, 6.45) is 6.73. The van der Waals surface area contributed by atoms with Crippen molar-refractivity contribution in [2.24, 2.45) is 5.41 Å². The van der Waals surface area contributed by atoms with Gasteiger partial charge in [0.25, 0.3) is 5.91 Å². The Bertz CT molecular complexity index is 552. The molecule has 132 valence electrons. The molecular weight excluding hydrogens is 306 g/mol. The summed E-state index contributed by atoms with van der Waals surface area (Å²) in [5, 5.41) is 13.1. The van der Waals surface area contributed by atoms with Crippen LogP contribution in [0.4, 0.5) is 5.82 Å². The number of aliphatic hydroxyl groups excluding tert-OH is 1. The van der Waals surface area contributed by atoms with Crippen molar-refractivity contribution in [3.05, 3.63) is 23.9 Å². The van der Waals surface area contributed by atoms with E-state index in [1.165, 1.54) is 6.42 Å². The van der Waals surface area contributed by atoms with Crippen LogP contribution in [0.2, 0.25) is 0 Å². The van der Waals surface area contributed by atoms with E-state index in [-0.39, 0.29) is 17.9 Å². The average Bonchev–Trinajstić information content (AvgIpc) is 2.67. The average molecular weight is 333 g/mol. The van der Waals surface area contributed by atoms with E-state index in [0.29, 0.717) is 31.1 Å². The quantitative estimate of drug-likeness (QED) is 0.861. The van der Waals surface area contributed by atoms with Gasteiger partial charge in [0, 0.05) is 50.0 Å². The van der Waals surface area contributed by atoms with Gasteiger partial charge in [-0.05, 0) is 44.2 Å². The number of rotatable bonds is 5. The first-order valence-corrected chi connectivity index (χ1v) is 8.90. The molecule has 1 amide bonds. The summed E-state index contributed by atoms with van der Waals surface area (Å²) in [5.74, 6) is 0.778. The lowest BCUT2D eigenvalue weighted by Gasteiger charge is -2.35. The van der Waals surface area contributed by atoms with Gasteiger partial charge in [-0.15, -0.1) is 0 Å². The van der Waals surface area contributed by atoms with Gasteiger partial charge in [-0.25, -0.2) is 4.98 Å². The van der Waals surface area contributed by atoms with Gasteiger partial charge in [0.2, 0.25) is 0 Å². The molecule has 0 bridgehead atoms. The molecule has 2 fully saturated rings. The second-order valence-electron chi connectivity index (χ2n) is 6.91. The number of aromatic nitrogens is 1. The molecule has 2 saturated heterocycles. The van der Waals surface area contributed by atoms with Crippen LogP contribution in [-0.2, 0) is 4.74 Å². The molecule has 1 aromatic heterocycles. The van der Waals surface area contributed by atoms with E-state index < -0.39 is 0 Å². The highest BCUT2D eigenvalue weighted by Crippen LogP contribution is 2.30. The first kappa shape index (κ1) is 17.2. The second kappa shape index (κ2) is 7.94. The van der Waals surface area contributed by atoms with Crippen LogP contribution in [0.25, 0.3) is 0 Å². The molecule has 0 aromatic carbocycles. The second-order valence-corrected chi connectivity index (χ2v) is 6.91. The van der Waals surface area contributed by atoms with E-state index in [2.05, 4.69) is 10.3 Å². The zero-order chi connectivity index (χ0) is 16.8. The van der Waals surface area contributed by atoms with Gasteiger partial charge in [0.15, 0.2) is 0 Å². The van der Waals surface area contributed by atoms with Crippen LogP contribution in [0.5, 0.6) is 0 Å². The highest BCUT2D eigenvalue weighted by Gasteiger charge is 2.32. The largest absolute Gasteiger partial charge is 0.396 e. The van der Waals surface area contributed by atoms with Crippen molar-refractivity contribution in [3.8, 4) is 0 Å². The molecule has 0 saturated carbocycles. The van der Waals surface area contributed by atoms with Gasteiger partial charge < -0.3 is 20.1 Å². The topological polar surface area (TPSA) is 74.7 Å². The predicted octanol–water partition coefficient (Wildman–Crippen LogP) is 1.91. The molecule has 0 radical (unpaired) electrons. The van der Waals surface area contributed by atoms with Crippen molar-refractivity contribution in [1.82, 2.24) is 9.88 Å². The molecule has 3 rings (SSSR count). The maximum atomic E-state index is 12.6. The fraction of sp³-hybridized carbons (Fsp3) is 0.667. The molecule has 0 unspecified atom stereocenters. The fourth-order valence-corrected chi connectivity index (χ4v) is 3.41. The van der Waals surface area contributed by atoms with Gasteiger partial charge >= 0.3 is 0 Å². The normalized spacial score (nSPS) is 20.6. The van der Waals surface area contributed by atoms with E-state index in [0.717, 1.165) is 38.8 Å². The molecular formula is C18H27N3O3. The smallest absolute Gasteiger partial charge is 0.254 e. The summed E-state index contributed by atoms with van der Waals surface area (Å²) >= 11 is 0. The Balaban J connectivity index is 1.63. The first-order chi connectivity index (χ1) is 11.7. The van der Waals surface area contributed by atoms with Crippen molar-refractivity contribution in [2.75, 3.05) is 44.8 Å². The van der Waals surface area contributed by atoms with Crippen molar-refractivity contribution in [1.29, 1.82) is 0 Å². The Kier molecular flexibility index (Phi) is 5.68. The molecule has 2 aliphatic rings. The first-order valence-electron chi connectivity index (χ1n) is 8.90. The molecule has 6 heteroatoms. The third kappa shape index (κ3) is 4.05. The summed E-state index contributed by atoms with van der Waals surface area (Å²) in [4.78, 5) is 18.8. The van der Waals surface area contributed by atoms with Crippen molar-refractivity contribution < 1.29 is 14.6 Å². The van der Waals surface area contributed by atoms with Crippen LogP contribution in [0, 0.1) is 5.41 Å². The molecule has 1 aromatic rings. The van der Waals surface area contributed by atoms with E-state index in [1.54, 1.807) is 12.3 Å². The maximum absolute atomic E-state index is 12.6. The van der Waals surface area contributed by atoms with Crippen LogP contribution in [0.3, 0.4) is 0 Å². The summed E-state index contributed by atoms with van der Waals surface area (Å²) in [7, 11) is 0. The highest BCUT2D eigenvalue weighted by atomic mass is 16.5. The number of carbonyl (C=O) groups excluding carboxylic acids is 1. The summed E-state index contributed by atoms with van der Waals surface area (Å²) < 4.78 is 5.39. The zero-order valence-electron chi connectivity index (χ0n) is 14.2. The predicted molar refractivity (Wildman–Crippen MR) is 92.1 cm³/mol. The number of amides is 1. The highest BCUT2D eigenvalue weighted by molar-refractivity contribution is 5.94. The lowest BCUT2D eigenvalue weighted by atomic mass is 9.81. The Morgan fingerprint density at radius 1 is 1.29 bits per heavy atom. The standard InChI is InChI=1S/C18H27N3O3/c22-14-18(5-10-24-11-6-18)13-20-16-12-15(4-7-19-16)17(23)21-8-2-1-3-9-21/h4,7,12,22H,1-3,5-6,8-11,13-14H2,(H,19,20). The number of hydrogen-bond acceptors (Lipinski definition) is 5. The lowest BCUT2D eigenvalue weighted by molar-refractivity contribution is -0.00861. The van der Waals surface area contributed by atoms with E-state index >= 15 is 0 Å². The van der Waals surface area contributed by atoms with Gasteiger partial charge in [0.1, 0.15) is 5.82 Å². The van der Waals surface area contributed by atoms with Gasteiger partial charge in [-0.1, -0.05) is 0 Å². The van der Waals surface area contributed by atoms with Crippen LogP contribution in [0.15, 0.2) is 18.3 Å². The third-order valence-corrected chi connectivity index (χ3v) is 5.18. The Morgan fingerprint density at radius 2 is 2.04 bits per heavy atom. The van der Waals surface area contributed by atoms with E-state index in [4.69, 9.17) is 4.74 Å². The van der Waals surface area contributed by atoms with Crippen LogP contribution in [0.1, 0.15) is 42.5 Å².